The van der Waals surface area contributed by atoms with Crippen molar-refractivity contribution >= 4 is 0 Å². The van der Waals surface area contributed by atoms with Crippen molar-refractivity contribution in [2.24, 2.45) is 11.8 Å². The molecule has 0 amide bonds. The molecule has 1 aromatic rings. The second kappa shape index (κ2) is 8.61. The van der Waals surface area contributed by atoms with E-state index in [1.807, 2.05) is 0 Å². The summed E-state index contributed by atoms with van der Waals surface area (Å²) in [7, 11) is 0. The zero-order valence-corrected chi connectivity index (χ0v) is 14.5. The Kier molecular flexibility index (Phi) is 6.80. The highest BCUT2D eigenvalue weighted by Crippen LogP contribution is 2.28. The van der Waals surface area contributed by atoms with Gasteiger partial charge in [-0.05, 0) is 54.2 Å². The van der Waals surface area contributed by atoms with Gasteiger partial charge in [0.05, 0.1) is 0 Å². The van der Waals surface area contributed by atoms with Gasteiger partial charge in [0, 0.05) is 0 Å². The number of benzene rings is 1. The van der Waals surface area contributed by atoms with E-state index in [0.29, 0.717) is 0 Å². The molecule has 2 rings (SSSR count). The zero-order chi connectivity index (χ0) is 15.1. The minimum atomic E-state index is 0.880. The summed E-state index contributed by atoms with van der Waals surface area (Å²) < 4.78 is 0. The molecular weight excluding hydrogens is 252 g/mol. The molecule has 1 aromatic carbocycles. The van der Waals surface area contributed by atoms with Crippen LogP contribution in [0, 0.1) is 11.8 Å². The van der Waals surface area contributed by atoms with Crippen molar-refractivity contribution in [2.45, 2.75) is 85.0 Å². The van der Waals surface area contributed by atoms with Crippen LogP contribution < -0.4 is 0 Å². The van der Waals surface area contributed by atoms with E-state index in [1.54, 1.807) is 16.7 Å². The first-order valence-electron chi connectivity index (χ1n) is 9.33. The van der Waals surface area contributed by atoms with Crippen molar-refractivity contribution in [1.29, 1.82) is 0 Å². The molecule has 0 heterocycles. The zero-order valence-electron chi connectivity index (χ0n) is 14.5. The van der Waals surface area contributed by atoms with E-state index in [2.05, 4.69) is 39.0 Å². The van der Waals surface area contributed by atoms with Gasteiger partial charge >= 0.3 is 0 Å². The fraction of sp³-hybridized carbons (Fsp3) is 0.714. The number of rotatable bonds is 8. The minimum absolute atomic E-state index is 0.880. The van der Waals surface area contributed by atoms with Crippen LogP contribution >= 0.6 is 0 Å². The lowest BCUT2D eigenvalue weighted by Crippen LogP contribution is -2.12. The number of fused-ring (bicyclic) bond motifs is 1. The highest BCUT2D eigenvalue weighted by atomic mass is 14.2. The molecule has 0 aromatic heterocycles. The summed E-state index contributed by atoms with van der Waals surface area (Å²) in [6.07, 6.45) is 13.6. The minimum Gasteiger partial charge on any atom is -0.0654 e. The van der Waals surface area contributed by atoms with Crippen molar-refractivity contribution in [1.82, 2.24) is 0 Å². The predicted molar refractivity (Wildman–Crippen MR) is 93.9 cm³/mol. The van der Waals surface area contributed by atoms with Gasteiger partial charge in [-0.1, -0.05) is 77.5 Å². The van der Waals surface area contributed by atoms with Crippen LogP contribution in [-0.2, 0) is 19.3 Å². The molecule has 0 radical (unpaired) electrons. The van der Waals surface area contributed by atoms with Crippen LogP contribution in [0.25, 0.3) is 0 Å². The largest absolute Gasteiger partial charge is 0.0654 e. The summed E-state index contributed by atoms with van der Waals surface area (Å²) in [6.45, 7) is 7.02. The second-order valence-corrected chi connectivity index (χ2v) is 7.31. The van der Waals surface area contributed by atoms with Gasteiger partial charge in [-0.25, -0.2) is 0 Å². The first-order chi connectivity index (χ1) is 10.2. The van der Waals surface area contributed by atoms with Crippen LogP contribution in [0.5, 0.6) is 0 Å². The standard InChI is InChI=1S/C21H34/c1-4-6-8-18(9-7-5-2)15-19-11-13-20-14-17(3)10-12-21(20)16-19/h11,13,16-18H,4-10,12,14-15H2,1-3H3. The van der Waals surface area contributed by atoms with E-state index < -0.39 is 0 Å². The van der Waals surface area contributed by atoms with Crippen LogP contribution in [0.3, 0.4) is 0 Å². The second-order valence-electron chi connectivity index (χ2n) is 7.31. The monoisotopic (exact) mass is 286 g/mol. The Labute approximate surface area is 132 Å². The molecule has 1 unspecified atom stereocenters. The Morgan fingerprint density at radius 3 is 2.43 bits per heavy atom. The van der Waals surface area contributed by atoms with E-state index in [1.165, 1.54) is 64.2 Å². The Balaban J connectivity index is 1.99. The highest BCUT2D eigenvalue weighted by Gasteiger charge is 2.16. The van der Waals surface area contributed by atoms with E-state index in [4.69, 9.17) is 0 Å². The fourth-order valence-electron chi connectivity index (χ4n) is 3.78. The SMILES string of the molecule is CCCCC(CCCC)Cc1ccc2c(c1)CCC(C)C2. The predicted octanol–water partition coefficient (Wildman–Crippen LogP) is 6.35. The Hall–Kier alpha value is -0.780. The quantitative estimate of drug-likeness (QED) is 0.522. The molecule has 1 aliphatic carbocycles. The molecule has 1 atom stereocenters. The van der Waals surface area contributed by atoms with E-state index >= 15 is 0 Å². The molecule has 0 fully saturated rings. The molecule has 0 bridgehead atoms. The van der Waals surface area contributed by atoms with Gasteiger partial charge in [-0.2, -0.15) is 0 Å². The molecule has 0 saturated heterocycles. The van der Waals surface area contributed by atoms with E-state index in [-0.39, 0.29) is 0 Å². The van der Waals surface area contributed by atoms with Crippen molar-refractivity contribution < 1.29 is 0 Å². The van der Waals surface area contributed by atoms with Crippen molar-refractivity contribution in [3.8, 4) is 0 Å². The van der Waals surface area contributed by atoms with Crippen molar-refractivity contribution in [3.05, 3.63) is 34.9 Å². The molecular formula is C21H34. The topological polar surface area (TPSA) is 0 Å². The molecule has 0 saturated carbocycles. The number of unbranched alkanes of at least 4 members (excludes halogenated alkanes) is 2. The third-order valence-corrected chi connectivity index (χ3v) is 5.20. The maximum atomic E-state index is 2.53. The number of aryl methyl sites for hydroxylation is 1. The molecule has 1 aliphatic rings. The number of hydrogen-bond donors (Lipinski definition) is 0. The van der Waals surface area contributed by atoms with Crippen LogP contribution in [0.2, 0.25) is 0 Å². The smallest absolute Gasteiger partial charge is 0.0250 e. The van der Waals surface area contributed by atoms with Crippen LogP contribution in [0.15, 0.2) is 18.2 Å². The Morgan fingerprint density at radius 2 is 1.76 bits per heavy atom. The summed E-state index contributed by atoms with van der Waals surface area (Å²) in [5.74, 6) is 1.79. The maximum absolute atomic E-state index is 2.53. The molecule has 0 aliphatic heterocycles. The third kappa shape index (κ3) is 5.16. The summed E-state index contributed by atoms with van der Waals surface area (Å²) in [6, 6.07) is 7.38. The molecule has 0 N–H and O–H groups in total. The van der Waals surface area contributed by atoms with Gasteiger partial charge in [0.25, 0.3) is 0 Å². The van der Waals surface area contributed by atoms with Crippen molar-refractivity contribution in [2.75, 3.05) is 0 Å². The van der Waals surface area contributed by atoms with Gasteiger partial charge in [-0.15, -0.1) is 0 Å². The fourth-order valence-corrected chi connectivity index (χ4v) is 3.78. The van der Waals surface area contributed by atoms with Crippen LogP contribution in [0.1, 0.15) is 82.4 Å². The normalized spacial score (nSPS) is 18.0. The van der Waals surface area contributed by atoms with Gasteiger partial charge in [0.15, 0.2) is 0 Å². The van der Waals surface area contributed by atoms with Gasteiger partial charge in [0.1, 0.15) is 0 Å². The maximum Gasteiger partial charge on any atom is -0.0250 e. The first-order valence-corrected chi connectivity index (χ1v) is 9.33. The van der Waals surface area contributed by atoms with Gasteiger partial charge in [-0.3, -0.25) is 0 Å². The average Bonchev–Trinajstić information content (AvgIpc) is 2.50. The molecule has 21 heavy (non-hydrogen) atoms. The van der Waals surface area contributed by atoms with Gasteiger partial charge < -0.3 is 0 Å². The summed E-state index contributed by atoms with van der Waals surface area (Å²) >= 11 is 0. The average molecular weight is 287 g/mol. The molecule has 118 valence electrons. The summed E-state index contributed by atoms with van der Waals surface area (Å²) in [5, 5.41) is 0. The molecule has 0 nitrogen and oxygen atoms in total. The van der Waals surface area contributed by atoms with E-state index in [9.17, 15) is 0 Å². The molecule has 0 heteroatoms. The van der Waals surface area contributed by atoms with Crippen LogP contribution in [0.4, 0.5) is 0 Å². The lowest BCUT2D eigenvalue weighted by atomic mass is 9.82. The van der Waals surface area contributed by atoms with Gasteiger partial charge in [0.2, 0.25) is 0 Å². The number of hydrogen-bond acceptors (Lipinski definition) is 0. The Bertz CT molecular complexity index is 410. The Morgan fingerprint density at radius 1 is 1.05 bits per heavy atom. The van der Waals surface area contributed by atoms with E-state index in [0.717, 1.165) is 11.8 Å². The highest BCUT2D eigenvalue weighted by molar-refractivity contribution is 5.34. The van der Waals surface area contributed by atoms with Crippen molar-refractivity contribution in [3.63, 3.8) is 0 Å². The summed E-state index contributed by atoms with van der Waals surface area (Å²) in [4.78, 5) is 0. The van der Waals surface area contributed by atoms with Crippen LogP contribution in [-0.4, -0.2) is 0 Å². The summed E-state index contributed by atoms with van der Waals surface area (Å²) in [5.41, 5.74) is 4.87. The third-order valence-electron chi connectivity index (χ3n) is 5.20. The lowest BCUT2D eigenvalue weighted by molar-refractivity contribution is 0.417. The first kappa shape index (κ1) is 16.6. The lowest BCUT2D eigenvalue weighted by Gasteiger charge is -2.23. The molecule has 0 spiro atoms.